The van der Waals surface area contributed by atoms with Crippen molar-refractivity contribution in [3.8, 4) is 17.0 Å². The van der Waals surface area contributed by atoms with Crippen molar-refractivity contribution in [2.24, 2.45) is 0 Å². The standard InChI is InChI=1S/C22H23N3O3S/c1-13-5-6-17(11-14(13)2)21(27)23-12-19(26)24-22-25-20(15(3)29-22)16-7-9-18(28-4)10-8-16/h5-11H,12H2,1-4H3,(H,23,27)(H,24,25,26). The van der Waals surface area contributed by atoms with Gasteiger partial charge in [0.05, 0.1) is 19.3 Å². The zero-order valence-corrected chi connectivity index (χ0v) is 17.6. The van der Waals surface area contributed by atoms with E-state index in [0.29, 0.717) is 10.7 Å². The monoisotopic (exact) mass is 409 g/mol. The van der Waals surface area contributed by atoms with Crippen LogP contribution in [0.2, 0.25) is 0 Å². The second-order valence-corrected chi connectivity index (χ2v) is 7.89. The summed E-state index contributed by atoms with van der Waals surface area (Å²) in [5.74, 6) is 0.171. The van der Waals surface area contributed by atoms with E-state index >= 15 is 0 Å². The van der Waals surface area contributed by atoms with Crippen LogP contribution in [-0.2, 0) is 4.79 Å². The van der Waals surface area contributed by atoms with Crippen molar-refractivity contribution in [3.63, 3.8) is 0 Å². The molecule has 2 amide bonds. The molecule has 2 aromatic carbocycles. The van der Waals surface area contributed by atoms with Crippen molar-refractivity contribution in [1.29, 1.82) is 0 Å². The van der Waals surface area contributed by atoms with Crippen molar-refractivity contribution in [1.82, 2.24) is 10.3 Å². The Labute approximate surface area is 173 Å². The molecular formula is C22H23N3O3S. The summed E-state index contributed by atoms with van der Waals surface area (Å²) in [5.41, 5.74) is 4.44. The van der Waals surface area contributed by atoms with E-state index in [0.717, 1.165) is 33.0 Å². The average Bonchev–Trinajstić information content (AvgIpc) is 3.08. The lowest BCUT2D eigenvalue weighted by Crippen LogP contribution is -2.32. The fourth-order valence-corrected chi connectivity index (χ4v) is 3.63. The van der Waals surface area contributed by atoms with Gasteiger partial charge in [-0.05, 0) is 68.3 Å². The van der Waals surface area contributed by atoms with Crippen LogP contribution < -0.4 is 15.4 Å². The number of amides is 2. The van der Waals surface area contributed by atoms with E-state index < -0.39 is 0 Å². The predicted molar refractivity (Wildman–Crippen MR) is 116 cm³/mol. The fraction of sp³-hybridized carbons (Fsp3) is 0.227. The number of aromatic nitrogens is 1. The van der Waals surface area contributed by atoms with Crippen LogP contribution in [0.1, 0.15) is 26.4 Å². The summed E-state index contributed by atoms with van der Waals surface area (Å²) in [5, 5.41) is 5.89. The predicted octanol–water partition coefficient (Wildman–Crippen LogP) is 4.11. The number of hydrogen-bond donors (Lipinski definition) is 2. The lowest BCUT2D eigenvalue weighted by Gasteiger charge is -2.07. The maximum Gasteiger partial charge on any atom is 0.251 e. The van der Waals surface area contributed by atoms with Gasteiger partial charge in [0, 0.05) is 16.0 Å². The third-order valence-electron chi connectivity index (χ3n) is 4.59. The molecule has 0 aliphatic heterocycles. The third kappa shape index (κ3) is 5.00. The van der Waals surface area contributed by atoms with Crippen LogP contribution in [0.5, 0.6) is 5.75 Å². The summed E-state index contributed by atoms with van der Waals surface area (Å²) in [6, 6.07) is 13.0. The Hall–Kier alpha value is -3.19. The summed E-state index contributed by atoms with van der Waals surface area (Å²) in [6.07, 6.45) is 0. The van der Waals surface area contributed by atoms with E-state index in [1.807, 2.05) is 57.2 Å². The van der Waals surface area contributed by atoms with Crippen LogP contribution >= 0.6 is 11.3 Å². The minimum atomic E-state index is -0.322. The van der Waals surface area contributed by atoms with Crippen LogP contribution in [0.15, 0.2) is 42.5 Å². The maximum absolute atomic E-state index is 12.2. The quantitative estimate of drug-likeness (QED) is 0.642. The van der Waals surface area contributed by atoms with Crippen LogP contribution in [0.25, 0.3) is 11.3 Å². The Bertz CT molecular complexity index is 1040. The molecule has 3 aromatic rings. The van der Waals surface area contributed by atoms with E-state index in [1.54, 1.807) is 13.2 Å². The number of methoxy groups -OCH3 is 1. The first-order valence-electron chi connectivity index (χ1n) is 9.14. The molecule has 0 bridgehead atoms. The Morgan fingerprint density at radius 2 is 1.76 bits per heavy atom. The number of nitrogens with one attached hydrogen (secondary N) is 2. The average molecular weight is 410 g/mol. The lowest BCUT2D eigenvalue weighted by molar-refractivity contribution is -0.115. The number of aryl methyl sites for hydroxylation is 3. The number of carbonyl (C=O) groups excluding carboxylic acids is 2. The van der Waals surface area contributed by atoms with Gasteiger partial charge in [-0.25, -0.2) is 4.98 Å². The molecule has 0 saturated heterocycles. The maximum atomic E-state index is 12.2. The van der Waals surface area contributed by atoms with E-state index in [9.17, 15) is 9.59 Å². The number of nitrogens with zero attached hydrogens (tertiary/aromatic N) is 1. The SMILES string of the molecule is COc1ccc(-c2nc(NC(=O)CNC(=O)c3ccc(C)c(C)c3)sc2C)cc1. The van der Waals surface area contributed by atoms with E-state index in [4.69, 9.17) is 4.74 Å². The molecule has 0 saturated carbocycles. The van der Waals surface area contributed by atoms with E-state index in [1.165, 1.54) is 11.3 Å². The molecule has 3 rings (SSSR count). The van der Waals surface area contributed by atoms with Gasteiger partial charge in [0.2, 0.25) is 5.91 Å². The van der Waals surface area contributed by atoms with Crippen LogP contribution in [0, 0.1) is 20.8 Å². The summed E-state index contributed by atoms with van der Waals surface area (Å²) in [7, 11) is 1.62. The van der Waals surface area contributed by atoms with Crippen molar-refractivity contribution in [3.05, 3.63) is 64.0 Å². The molecule has 0 aliphatic carbocycles. The van der Waals surface area contributed by atoms with E-state index in [-0.39, 0.29) is 18.4 Å². The third-order valence-corrected chi connectivity index (χ3v) is 5.47. The molecule has 0 spiro atoms. The molecule has 150 valence electrons. The summed E-state index contributed by atoms with van der Waals surface area (Å²) in [4.78, 5) is 30.0. The largest absolute Gasteiger partial charge is 0.497 e. The van der Waals surface area contributed by atoms with Crippen molar-refractivity contribution in [2.45, 2.75) is 20.8 Å². The number of thiazole rings is 1. The van der Waals surface area contributed by atoms with Crippen LogP contribution in [-0.4, -0.2) is 30.5 Å². The van der Waals surface area contributed by atoms with Gasteiger partial charge in [0.25, 0.3) is 5.91 Å². The minimum absolute atomic E-state index is 0.123. The molecule has 1 aromatic heterocycles. The number of rotatable bonds is 6. The van der Waals surface area contributed by atoms with Gasteiger partial charge in [0.15, 0.2) is 5.13 Å². The minimum Gasteiger partial charge on any atom is -0.497 e. The second kappa shape index (κ2) is 8.87. The Morgan fingerprint density at radius 3 is 2.41 bits per heavy atom. The molecule has 0 atom stereocenters. The molecule has 1 heterocycles. The first-order valence-corrected chi connectivity index (χ1v) is 9.96. The molecule has 29 heavy (non-hydrogen) atoms. The first-order chi connectivity index (χ1) is 13.9. The Balaban J connectivity index is 1.60. The normalized spacial score (nSPS) is 10.5. The Kier molecular flexibility index (Phi) is 6.29. The molecule has 2 N–H and O–H groups in total. The molecule has 0 unspecified atom stereocenters. The van der Waals surface area contributed by atoms with E-state index in [2.05, 4.69) is 15.6 Å². The van der Waals surface area contributed by atoms with Gasteiger partial charge in [-0.1, -0.05) is 6.07 Å². The fourth-order valence-electron chi connectivity index (χ4n) is 2.78. The number of hydrogen-bond acceptors (Lipinski definition) is 5. The van der Waals surface area contributed by atoms with Gasteiger partial charge >= 0.3 is 0 Å². The first kappa shape index (κ1) is 20.5. The second-order valence-electron chi connectivity index (χ2n) is 6.68. The van der Waals surface area contributed by atoms with Crippen molar-refractivity contribution < 1.29 is 14.3 Å². The zero-order chi connectivity index (χ0) is 21.0. The molecule has 7 heteroatoms. The van der Waals surface area contributed by atoms with Crippen LogP contribution in [0.4, 0.5) is 5.13 Å². The van der Waals surface area contributed by atoms with Gasteiger partial charge in [-0.2, -0.15) is 0 Å². The van der Waals surface area contributed by atoms with Gasteiger partial charge in [0.1, 0.15) is 5.75 Å². The molecular weight excluding hydrogens is 386 g/mol. The van der Waals surface area contributed by atoms with Crippen molar-refractivity contribution >= 4 is 28.3 Å². The highest BCUT2D eigenvalue weighted by Gasteiger charge is 2.14. The smallest absolute Gasteiger partial charge is 0.251 e. The molecule has 0 aliphatic rings. The molecule has 6 nitrogen and oxygen atoms in total. The van der Waals surface area contributed by atoms with Gasteiger partial charge in [-0.15, -0.1) is 11.3 Å². The summed E-state index contributed by atoms with van der Waals surface area (Å²) >= 11 is 1.39. The van der Waals surface area contributed by atoms with Crippen LogP contribution in [0.3, 0.4) is 0 Å². The number of carbonyl (C=O) groups is 2. The topological polar surface area (TPSA) is 80.3 Å². The highest BCUT2D eigenvalue weighted by Crippen LogP contribution is 2.31. The highest BCUT2D eigenvalue weighted by molar-refractivity contribution is 7.16. The van der Waals surface area contributed by atoms with Crippen molar-refractivity contribution in [2.75, 3.05) is 19.0 Å². The number of anilines is 1. The molecule has 0 radical (unpaired) electrons. The number of ether oxygens (including phenoxy) is 1. The lowest BCUT2D eigenvalue weighted by atomic mass is 10.1. The highest BCUT2D eigenvalue weighted by atomic mass is 32.1. The number of benzene rings is 2. The summed E-state index contributed by atoms with van der Waals surface area (Å²) < 4.78 is 5.17. The Morgan fingerprint density at radius 1 is 1.03 bits per heavy atom. The molecule has 0 fully saturated rings. The van der Waals surface area contributed by atoms with Gasteiger partial charge in [-0.3, -0.25) is 9.59 Å². The van der Waals surface area contributed by atoms with Gasteiger partial charge < -0.3 is 15.4 Å². The summed E-state index contributed by atoms with van der Waals surface area (Å²) in [6.45, 7) is 5.77. The zero-order valence-electron chi connectivity index (χ0n) is 16.8.